The summed E-state index contributed by atoms with van der Waals surface area (Å²) in [7, 11) is 0. The van der Waals surface area contributed by atoms with Crippen molar-refractivity contribution in [1.82, 2.24) is 10.3 Å². The van der Waals surface area contributed by atoms with Crippen LogP contribution in [0.25, 0.3) is 0 Å². The van der Waals surface area contributed by atoms with E-state index in [-0.39, 0.29) is 0 Å². The van der Waals surface area contributed by atoms with Crippen molar-refractivity contribution in [2.75, 3.05) is 0 Å². The Labute approximate surface area is 106 Å². The predicted octanol–water partition coefficient (Wildman–Crippen LogP) is 2.79. The van der Waals surface area contributed by atoms with Crippen LogP contribution < -0.4 is 5.32 Å². The summed E-state index contributed by atoms with van der Waals surface area (Å²) in [6.07, 6.45) is 3.59. The number of rotatable bonds is 3. The van der Waals surface area contributed by atoms with E-state index in [1.807, 2.05) is 5.51 Å². The molecule has 0 bridgehead atoms. The standard InChI is InChI=1S/C14H16N2S/c1-2-4-12-7-13(6-5-11(12)3-1)15-8-14-9-17-10-16-14/h1-4,9-10,13,15H,5-8H2. The van der Waals surface area contributed by atoms with Crippen LogP contribution >= 0.6 is 11.3 Å². The SMILES string of the molecule is c1ccc2c(c1)CCC(NCc1cscn1)C2. The van der Waals surface area contributed by atoms with Gasteiger partial charge in [-0.3, -0.25) is 0 Å². The molecule has 1 atom stereocenters. The third-order valence-corrected chi connectivity index (χ3v) is 4.04. The Morgan fingerprint density at radius 1 is 1.29 bits per heavy atom. The van der Waals surface area contributed by atoms with Gasteiger partial charge in [-0.1, -0.05) is 24.3 Å². The van der Waals surface area contributed by atoms with Crippen LogP contribution in [0.1, 0.15) is 23.2 Å². The van der Waals surface area contributed by atoms with E-state index >= 15 is 0 Å². The van der Waals surface area contributed by atoms with Crippen LogP contribution in [0.3, 0.4) is 0 Å². The molecular formula is C14H16N2S. The van der Waals surface area contributed by atoms with E-state index in [2.05, 4.69) is 39.9 Å². The average molecular weight is 244 g/mol. The molecular weight excluding hydrogens is 228 g/mol. The second-order valence-electron chi connectivity index (χ2n) is 4.57. The third kappa shape index (κ3) is 2.56. The maximum Gasteiger partial charge on any atom is 0.0795 e. The molecule has 0 saturated carbocycles. The second kappa shape index (κ2) is 4.98. The van der Waals surface area contributed by atoms with Gasteiger partial charge in [0.1, 0.15) is 0 Å². The number of thiazole rings is 1. The van der Waals surface area contributed by atoms with Gasteiger partial charge in [-0.15, -0.1) is 11.3 Å². The quantitative estimate of drug-likeness (QED) is 0.898. The maximum atomic E-state index is 4.30. The number of aromatic nitrogens is 1. The van der Waals surface area contributed by atoms with Crippen molar-refractivity contribution in [1.29, 1.82) is 0 Å². The lowest BCUT2D eigenvalue weighted by molar-refractivity contribution is 0.455. The molecule has 0 saturated heterocycles. The highest BCUT2D eigenvalue weighted by atomic mass is 32.1. The van der Waals surface area contributed by atoms with E-state index < -0.39 is 0 Å². The molecule has 0 fully saturated rings. The first kappa shape index (κ1) is 10.9. The van der Waals surface area contributed by atoms with Crippen LogP contribution in [0.15, 0.2) is 35.2 Å². The lowest BCUT2D eigenvalue weighted by Crippen LogP contribution is -2.34. The number of benzene rings is 1. The van der Waals surface area contributed by atoms with E-state index in [4.69, 9.17) is 0 Å². The highest BCUT2D eigenvalue weighted by Crippen LogP contribution is 2.21. The van der Waals surface area contributed by atoms with E-state index in [0.717, 1.165) is 18.7 Å². The molecule has 0 amide bonds. The van der Waals surface area contributed by atoms with Gasteiger partial charge >= 0.3 is 0 Å². The minimum absolute atomic E-state index is 0.603. The zero-order valence-corrected chi connectivity index (χ0v) is 10.5. The van der Waals surface area contributed by atoms with Gasteiger partial charge in [-0.25, -0.2) is 4.98 Å². The Balaban J connectivity index is 1.61. The fourth-order valence-corrected chi connectivity index (χ4v) is 3.00. The monoisotopic (exact) mass is 244 g/mol. The lowest BCUT2D eigenvalue weighted by Gasteiger charge is -2.25. The van der Waals surface area contributed by atoms with Gasteiger partial charge in [0.2, 0.25) is 0 Å². The molecule has 1 N–H and O–H groups in total. The van der Waals surface area contributed by atoms with Gasteiger partial charge < -0.3 is 5.32 Å². The van der Waals surface area contributed by atoms with E-state index in [1.54, 1.807) is 11.3 Å². The van der Waals surface area contributed by atoms with Crippen LogP contribution in [0.5, 0.6) is 0 Å². The minimum Gasteiger partial charge on any atom is -0.308 e. The highest BCUT2D eigenvalue weighted by Gasteiger charge is 2.17. The predicted molar refractivity (Wildman–Crippen MR) is 71.2 cm³/mol. The van der Waals surface area contributed by atoms with Crippen molar-refractivity contribution in [3.8, 4) is 0 Å². The summed E-state index contributed by atoms with van der Waals surface area (Å²) in [5.41, 5.74) is 6.09. The van der Waals surface area contributed by atoms with Crippen molar-refractivity contribution in [2.45, 2.75) is 31.8 Å². The summed E-state index contributed by atoms with van der Waals surface area (Å²) in [5.74, 6) is 0. The Hall–Kier alpha value is -1.19. The van der Waals surface area contributed by atoms with Crippen LogP contribution in [-0.2, 0) is 19.4 Å². The van der Waals surface area contributed by atoms with Gasteiger partial charge in [0.05, 0.1) is 11.2 Å². The average Bonchev–Trinajstić information content (AvgIpc) is 2.89. The van der Waals surface area contributed by atoms with E-state index in [9.17, 15) is 0 Å². The molecule has 1 aromatic heterocycles. The van der Waals surface area contributed by atoms with Crippen LogP contribution in [0.4, 0.5) is 0 Å². The molecule has 2 aromatic rings. The highest BCUT2D eigenvalue weighted by molar-refractivity contribution is 7.07. The van der Waals surface area contributed by atoms with Crippen LogP contribution in [0.2, 0.25) is 0 Å². The number of hydrogen-bond acceptors (Lipinski definition) is 3. The lowest BCUT2D eigenvalue weighted by atomic mass is 9.88. The van der Waals surface area contributed by atoms with Gasteiger partial charge in [0.25, 0.3) is 0 Å². The molecule has 0 radical (unpaired) electrons. The molecule has 0 spiro atoms. The summed E-state index contributed by atoms with van der Waals surface area (Å²) in [6.45, 7) is 0.899. The summed E-state index contributed by atoms with van der Waals surface area (Å²) in [6, 6.07) is 9.40. The molecule has 2 nitrogen and oxygen atoms in total. The largest absolute Gasteiger partial charge is 0.308 e. The van der Waals surface area contributed by atoms with Crippen molar-refractivity contribution >= 4 is 11.3 Å². The minimum atomic E-state index is 0.603. The third-order valence-electron chi connectivity index (χ3n) is 3.40. The topological polar surface area (TPSA) is 24.9 Å². The Kier molecular flexibility index (Phi) is 3.20. The molecule has 1 aliphatic rings. The maximum absolute atomic E-state index is 4.30. The van der Waals surface area contributed by atoms with Crippen molar-refractivity contribution < 1.29 is 0 Å². The molecule has 88 valence electrons. The van der Waals surface area contributed by atoms with E-state index in [0.29, 0.717) is 6.04 Å². The fourth-order valence-electron chi connectivity index (χ4n) is 2.45. The molecule has 1 unspecified atom stereocenters. The summed E-state index contributed by atoms with van der Waals surface area (Å²) in [4.78, 5) is 4.30. The Bertz CT molecular complexity index is 479. The number of nitrogens with zero attached hydrogens (tertiary/aromatic N) is 1. The summed E-state index contributed by atoms with van der Waals surface area (Å²) >= 11 is 1.66. The zero-order valence-electron chi connectivity index (χ0n) is 9.73. The summed E-state index contributed by atoms with van der Waals surface area (Å²) < 4.78 is 0. The molecule has 1 aliphatic carbocycles. The van der Waals surface area contributed by atoms with Gasteiger partial charge in [-0.05, 0) is 30.4 Å². The second-order valence-corrected chi connectivity index (χ2v) is 5.29. The van der Waals surface area contributed by atoms with Gasteiger partial charge in [0.15, 0.2) is 0 Å². The van der Waals surface area contributed by atoms with Crippen LogP contribution in [-0.4, -0.2) is 11.0 Å². The number of hydrogen-bond donors (Lipinski definition) is 1. The first-order valence-corrected chi connectivity index (χ1v) is 7.03. The van der Waals surface area contributed by atoms with Crippen molar-refractivity contribution in [3.63, 3.8) is 0 Å². The van der Waals surface area contributed by atoms with Crippen LogP contribution in [0, 0.1) is 0 Å². The van der Waals surface area contributed by atoms with Crippen molar-refractivity contribution in [2.24, 2.45) is 0 Å². The Morgan fingerprint density at radius 3 is 3.00 bits per heavy atom. The van der Waals surface area contributed by atoms with E-state index in [1.165, 1.54) is 24.0 Å². The molecule has 0 aliphatic heterocycles. The molecule has 3 heteroatoms. The number of aryl methyl sites for hydroxylation is 1. The molecule has 17 heavy (non-hydrogen) atoms. The smallest absolute Gasteiger partial charge is 0.0795 e. The fraction of sp³-hybridized carbons (Fsp3) is 0.357. The first-order chi connectivity index (χ1) is 8.42. The van der Waals surface area contributed by atoms with Gasteiger partial charge in [-0.2, -0.15) is 0 Å². The Morgan fingerprint density at radius 2 is 2.18 bits per heavy atom. The summed E-state index contributed by atoms with van der Waals surface area (Å²) in [5, 5.41) is 5.72. The van der Waals surface area contributed by atoms with Gasteiger partial charge in [0, 0.05) is 18.0 Å². The number of fused-ring (bicyclic) bond motifs is 1. The zero-order chi connectivity index (χ0) is 11.5. The number of nitrogens with one attached hydrogen (secondary N) is 1. The first-order valence-electron chi connectivity index (χ1n) is 6.09. The molecule has 1 heterocycles. The van der Waals surface area contributed by atoms with Crippen molar-refractivity contribution in [3.05, 3.63) is 52.0 Å². The normalized spacial score (nSPS) is 18.9. The molecule has 3 rings (SSSR count). The molecule has 1 aromatic carbocycles.